The number of nitrogens with zero attached hydrogens (tertiary/aromatic N) is 1. The molecule has 70 valence electrons. The molecule has 4 nitrogen and oxygen atoms in total. The van der Waals surface area contributed by atoms with Gasteiger partial charge in [0.1, 0.15) is 5.69 Å². The second-order valence-electron chi connectivity index (χ2n) is 3.37. The van der Waals surface area contributed by atoms with E-state index in [1.165, 1.54) is 0 Å². The zero-order chi connectivity index (χ0) is 9.10. The van der Waals surface area contributed by atoms with Gasteiger partial charge in [-0.1, -0.05) is 0 Å². The Morgan fingerprint density at radius 2 is 2.69 bits per heavy atom. The molecule has 0 bridgehead atoms. The Labute approximate surface area is 76.3 Å². The molecule has 1 aromatic rings. The quantitative estimate of drug-likeness (QED) is 0.700. The van der Waals surface area contributed by atoms with Crippen molar-refractivity contribution in [1.29, 1.82) is 0 Å². The van der Waals surface area contributed by atoms with Crippen LogP contribution in [0.5, 0.6) is 0 Å². The number of aromatic nitrogens is 2. The molecule has 0 amide bonds. The fourth-order valence-electron chi connectivity index (χ4n) is 1.60. The largest absolute Gasteiger partial charge is 0.381 e. The van der Waals surface area contributed by atoms with Crippen LogP contribution in [0.1, 0.15) is 22.6 Å². The molecule has 4 heteroatoms. The Bertz CT molecular complexity index is 290. The van der Waals surface area contributed by atoms with E-state index in [2.05, 4.69) is 10.2 Å². The molecule has 1 aliphatic rings. The summed E-state index contributed by atoms with van der Waals surface area (Å²) < 4.78 is 5.26. The van der Waals surface area contributed by atoms with Crippen molar-refractivity contribution in [1.82, 2.24) is 10.2 Å². The van der Waals surface area contributed by atoms with E-state index in [0.29, 0.717) is 11.6 Å². The van der Waals surface area contributed by atoms with Crippen LogP contribution in [-0.4, -0.2) is 29.7 Å². The summed E-state index contributed by atoms with van der Waals surface area (Å²) in [5.74, 6) is 0.583. The first-order valence-corrected chi connectivity index (χ1v) is 4.45. The Kier molecular flexibility index (Phi) is 2.40. The van der Waals surface area contributed by atoms with Crippen LogP contribution in [0, 0.1) is 5.92 Å². The number of ether oxygens (including phenoxy) is 1. The van der Waals surface area contributed by atoms with Crippen molar-refractivity contribution in [2.75, 3.05) is 13.2 Å². The molecule has 0 aliphatic carbocycles. The van der Waals surface area contributed by atoms with Gasteiger partial charge in [0.25, 0.3) is 0 Å². The van der Waals surface area contributed by atoms with Gasteiger partial charge in [-0.2, -0.15) is 5.10 Å². The molecule has 1 saturated heterocycles. The first kappa shape index (κ1) is 8.44. The summed E-state index contributed by atoms with van der Waals surface area (Å²) in [4.78, 5) is 10.3. The van der Waals surface area contributed by atoms with E-state index in [0.717, 1.165) is 38.0 Å². The average molecular weight is 180 g/mol. The lowest BCUT2D eigenvalue weighted by molar-refractivity contribution is 0.111. The summed E-state index contributed by atoms with van der Waals surface area (Å²) in [6.45, 7) is 1.69. The van der Waals surface area contributed by atoms with Crippen molar-refractivity contribution in [2.45, 2.75) is 12.8 Å². The average Bonchev–Trinajstić information content (AvgIpc) is 2.76. The SMILES string of the molecule is O=Cc1cc(CC2CCOC2)[nH]n1. The molecule has 0 spiro atoms. The minimum Gasteiger partial charge on any atom is -0.381 e. The van der Waals surface area contributed by atoms with E-state index in [9.17, 15) is 4.79 Å². The number of aldehydes is 1. The van der Waals surface area contributed by atoms with Crippen LogP contribution in [0.3, 0.4) is 0 Å². The molecule has 1 atom stereocenters. The van der Waals surface area contributed by atoms with Crippen LogP contribution in [0.2, 0.25) is 0 Å². The minimum atomic E-state index is 0.480. The second-order valence-corrected chi connectivity index (χ2v) is 3.37. The summed E-state index contributed by atoms with van der Waals surface area (Å²) >= 11 is 0. The normalized spacial score (nSPS) is 22.0. The fraction of sp³-hybridized carbons (Fsp3) is 0.556. The van der Waals surface area contributed by atoms with Crippen LogP contribution in [0.25, 0.3) is 0 Å². The third-order valence-corrected chi connectivity index (χ3v) is 2.30. The topological polar surface area (TPSA) is 55.0 Å². The molecule has 1 unspecified atom stereocenters. The standard InChI is InChI=1S/C9H12N2O2/c12-5-9-4-8(10-11-9)3-7-1-2-13-6-7/h4-5,7H,1-3,6H2,(H,10,11). The highest BCUT2D eigenvalue weighted by molar-refractivity contribution is 5.71. The van der Waals surface area contributed by atoms with E-state index in [1.54, 1.807) is 6.07 Å². The van der Waals surface area contributed by atoms with Crippen LogP contribution < -0.4 is 0 Å². The molecule has 2 rings (SSSR count). The first-order valence-electron chi connectivity index (χ1n) is 4.45. The number of H-pyrrole nitrogens is 1. The van der Waals surface area contributed by atoms with Gasteiger partial charge in [-0.3, -0.25) is 9.89 Å². The Balaban J connectivity index is 1.96. The van der Waals surface area contributed by atoms with Crippen molar-refractivity contribution in [2.24, 2.45) is 5.92 Å². The highest BCUT2D eigenvalue weighted by Gasteiger charge is 2.16. The number of nitrogens with one attached hydrogen (secondary N) is 1. The predicted octanol–water partition coefficient (Wildman–Crippen LogP) is 0.801. The lowest BCUT2D eigenvalue weighted by Crippen LogP contribution is -2.03. The van der Waals surface area contributed by atoms with E-state index >= 15 is 0 Å². The number of hydrogen-bond donors (Lipinski definition) is 1. The first-order chi connectivity index (χ1) is 6.38. The predicted molar refractivity (Wildman–Crippen MR) is 46.6 cm³/mol. The molecular formula is C9H12N2O2. The Morgan fingerprint density at radius 3 is 3.31 bits per heavy atom. The Morgan fingerprint density at radius 1 is 1.77 bits per heavy atom. The number of hydrogen-bond acceptors (Lipinski definition) is 3. The van der Waals surface area contributed by atoms with Gasteiger partial charge < -0.3 is 4.74 Å². The van der Waals surface area contributed by atoms with Crippen LogP contribution in [0.15, 0.2) is 6.07 Å². The molecule has 1 aliphatic heterocycles. The van der Waals surface area contributed by atoms with E-state index in [-0.39, 0.29) is 0 Å². The number of aromatic amines is 1. The number of carbonyl (C=O) groups is 1. The lowest BCUT2D eigenvalue weighted by atomic mass is 10.0. The molecular weight excluding hydrogens is 168 g/mol. The third-order valence-electron chi connectivity index (χ3n) is 2.30. The smallest absolute Gasteiger partial charge is 0.170 e. The summed E-state index contributed by atoms with van der Waals surface area (Å²) in [6.07, 6.45) is 2.79. The summed E-state index contributed by atoms with van der Waals surface area (Å²) in [7, 11) is 0. The maximum absolute atomic E-state index is 10.3. The maximum Gasteiger partial charge on any atom is 0.170 e. The Hall–Kier alpha value is -1.16. The van der Waals surface area contributed by atoms with Crippen molar-refractivity contribution >= 4 is 6.29 Å². The molecule has 1 fully saturated rings. The van der Waals surface area contributed by atoms with Crippen LogP contribution in [0.4, 0.5) is 0 Å². The molecule has 0 aromatic carbocycles. The van der Waals surface area contributed by atoms with Gasteiger partial charge in [-0.25, -0.2) is 0 Å². The summed E-state index contributed by atoms with van der Waals surface area (Å²) in [6, 6.07) is 1.80. The zero-order valence-corrected chi connectivity index (χ0v) is 7.32. The van der Waals surface area contributed by atoms with E-state index in [4.69, 9.17) is 4.74 Å². The monoisotopic (exact) mass is 180 g/mol. The highest BCUT2D eigenvalue weighted by atomic mass is 16.5. The fourth-order valence-corrected chi connectivity index (χ4v) is 1.60. The van der Waals surface area contributed by atoms with Crippen molar-refractivity contribution in [3.05, 3.63) is 17.5 Å². The van der Waals surface area contributed by atoms with Crippen LogP contribution >= 0.6 is 0 Å². The number of carbonyl (C=O) groups excluding carboxylic acids is 1. The highest BCUT2D eigenvalue weighted by Crippen LogP contribution is 2.16. The lowest BCUT2D eigenvalue weighted by Gasteiger charge is -2.03. The molecule has 1 N–H and O–H groups in total. The maximum atomic E-state index is 10.3. The molecule has 1 aromatic heterocycles. The van der Waals surface area contributed by atoms with Crippen molar-refractivity contribution in [3.8, 4) is 0 Å². The molecule has 2 heterocycles. The van der Waals surface area contributed by atoms with Gasteiger partial charge in [0.2, 0.25) is 0 Å². The molecule has 13 heavy (non-hydrogen) atoms. The second kappa shape index (κ2) is 3.70. The van der Waals surface area contributed by atoms with Gasteiger partial charge in [-0.05, 0) is 24.8 Å². The summed E-state index contributed by atoms with van der Waals surface area (Å²) in [5.41, 5.74) is 1.51. The third kappa shape index (κ3) is 1.95. The minimum absolute atomic E-state index is 0.480. The molecule has 0 radical (unpaired) electrons. The van der Waals surface area contributed by atoms with Gasteiger partial charge in [0.05, 0.1) is 0 Å². The number of rotatable bonds is 3. The van der Waals surface area contributed by atoms with E-state index < -0.39 is 0 Å². The molecule has 0 saturated carbocycles. The van der Waals surface area contributed by atoms with Crippen molar-refractivity contribution < 1.29 is 9.53 Å². The van der Waals surface area contributed by atoms with Gasteiger partial charge in [0, 0.05) is 18.9 Å². The summed E-state index contributed by atoms with van der Waals surface area (Å²) in [5, 5.41) is 6.69. The van der Waals surface area contributed by atoms with Crippen molar-refractivity contribution in [3.63, 3.8) is 0 Å². The zero-order valence-electron chi connectivity index (χ0n) is 7.32. The van der Waals surface area contributed by atoms with Gasteiger partial charge >= 0.3 is 0 Å². The van der Waals surface area contributed by atoms with Gasteiger partial charge in [0.15, 0.2) is 6.29 Å². The van der Waals surface area contributed by atoms with E-state index in [1.807, 2.05) is 0 Å². The van der Waals surface area contributed by atoms with Crippen LogP contribution in [-0.2, 0) is 11.2 Å². The van der Waals surface area contributed by atoms with Gasteiger partial charge in [-0.15, -0.1) is 0 Å².